The molecule has 0 aliphatic heterocycles. The Morgan fingerprint density at radius 1 is 1.23 bits per heavy atom. The molecule has 0 saturated carbocycles. The van der Waals surface area contributed by atoms with Gasteiger partial charge in [-0.3, -0.25) is 0 Å². The van der Waals surface area contributed by atoms with Crippen LogP contribution in [0, 0.1) is 11.3 Å². The third-order valence-corrected chi connectivity index (χ3v) is 6.35. The summed E-state index contributed by atoms with van der Waals surface area (Å²) in [5.41, 5.74) is 4.93. The molecule has 1 amide bonds. The second-order valence-corrected chi connectivity index (χ2v) is 8.65. The van der Waals surface area contributed by atoms with Crippen molar-refractivity contribution in [2.75, 3.05) is 0 Å². The highest BCUT2D eigenvalue weighted by atomic mass is 32.1. The molecule has 0 radical (unpaired) electrons. The van der Waals surface area contributed by atoms with E-state index in [0.717, 1.165) is 39.3 Å². The zero-order chi connectivity index (χ0) is 21.3. The molecule has 3 aromatic rings. The Hall–Kier alpha value is -3.30. The van der Waals surface area contributed by atoms with Gasteiger partial charge in [0.1, 0.15) is 11.8 Å². The highest BCUT2D eigenvalue weighted by molar-refractivity contribution is 7.18. The maximum Gasteiger partial charge on any atom is 0.405 e. The van der Waals surface area contributed by atoms with Gasteiger partial charge in [0, 0.05) is 9.75 Å². The van der Waals surface area contributed by atoms with Crippen LogP contribution in [0.2, 0.25) is 0 Å². The van der Waals surface area contributed by atoms with Crippen molar-refractivity contribution in [1.29, 1.82) is 5.26 Å². The standard InChI is InChI=1S/C24H22N2O3S/c1-14(2)29-21-9-6-15(12-16(21)13-25)22-10-11-23(30-22)19-5-3-4-18-17(19)7-8-20(18)26-24(27)28/h3-6,9-12,14,20,26H,7-8H2,1-2H3,(H,27,28)/t20-/m1/s1. The largest absolute Gasteiger partial charge is 0.490 e. The van der Waals surface area contributed by atoms with Crippen LogP contribution in [0.1, 0.15) is 43.0 Å². The van der Waals surface area contributed by atoms with Crippen molar-refractivity contribution in [3.63, 3.8) is 0 Å². The van der Waals surface area contributed by atoms with Gasteiger partial charge in [0.15, 0.2) is 0 Å². The SMILES string of the molecule is CC(C)Oc1ccc(-c2ccc(-c3cccc4c3CC[C@H]4NC(=O)O)s2)cc1C#N. The van der Waals surface area contributed by atoms with Gasteiger partial charge < -0.3 is 15.2 Å². The highest BCUT2D eigenvalue weighted by Crippen LogP contribution is 2.42. The molecule has 2 aromatic carbocycles. The Morgan fingerprint density at radius 2 is 2.03 bits per heavy atom. The van der Waals surface area contributed by atoms with Gasteiger partial charge in [0.25, 0.3) is 0 Å². The van der Waals surface area contributed by atoms with E-state index < -0.39 is 6.09 Å². The Kier molecular flexibility index (Phi) is 5.47. The third kappa shape index (κ3) is 3.89. The predicted molar refractivity (Wildman–Crippen MR) is 118 cm³/mol. The Bertz CT molecular complexity index is 1140. The summed E-state index contributed by atoms with van der Waals surface area (Å²) < 4.78 is 5.72. The first-order valence-electron chi connectivity index (χ1n) is 9.89. The fourth-order valence-electron chi connectivity index (χ4n) is 3.95. The highest BCUT2D eigenvalue weighted by Gasteiger charge is 2.26. The van der Waals surface area contributed by atoms with Crippen LogP contribution < -0.4 is 10.1 Å². The van der Waals surface area contributed by atoms with Crippen molar-refractivity contribution in [1.82, 2.24) is 5.32 Å². The van der Waals surface area contributed by atoms with Crippen LogP contribution in [-0.4, -0.2) is 17.3 Å². The Morgan fingerprint density at radius 3 is 2.77 bits per heavy atom. The predicted octanol–water partition coefficient (Wildman–Crippen LogP) is 6.00. The lowest BCUT2D eigenvalue weighted by atomic mass is 10.0. The molecule has 0 bridgehead atoms. The number of fused-ring (bicyclic) bond motifs is 1. The number of rotatable bonds is 5. The minimum Gasteiger partial charge on any atom is -0.490 e. The van der Waals surface area contributed by atoms with Crippen LogP contribution in [-0.2, 0) is 6.42 Å². The number of carbonyl (C=O) groups is 1. The van der Waals surface area contributed by atoms with Crippen molar-refractivity contribution in [2.45, 2.75) is 38.8 Å². The van der Waals surface area contributed by atoms with Crippen molar-refractivity contribution in [3.05, 3.63) is 65.2 Å². The second kappa shape index (κ2) is 8.21. The summed E-state index contributed by atoms with van der Waals surface area (Å²) in [7, 11) is 0. The third-order valence-electron chi connectivity index (χ3n) is 5.19. The van der Waals surface area contributed by atoms with Crippen molar-refractivity contribution in [2.24, 2.45) is 0 Å². The van der Waals surface area contributed by atoms with Crippen LogP contribution in [0.25, 0.3) is 20.9 Å². The van der Waals surface area contributed by atoms with E-state index in [1.165, 1.54) is 5.56 Å². The molecule has 6 heteroatoms. The van der Waals surface area contributed by atoms with E-state index in [1.54, 1.807) is 11.3 Å². The van der Waals surface area contributed by atoms with E-state index in [9.17, 15) is 10.1 Å². The molecule has 5 nitrogen and oxygen atoms in total. The van der Waals surface area contributed by atoms with Gasteiger partial charge in [-0.05, 0) is 79.3 Å². The molecule has 1 aromatic heterocycles. The molecule has 0 spiro atoms. The summed E-state index contributed by atoms with van der Waals surface area (Å²) in [6.07, 6.45) is 0.647. The lowest BCUT2D eigenvalue weighted by Gasteiger charge is -2.12. The van der Waals surface area contributed by atoms with Crippen molar-refractivity contribution < 1.29 is 14.6 Å². The quantitative estimate of drug-likeness (QED) is 0.533. The van der Waals surface area contributed by atoms with E-state index in [-0.39, 0.29) is 12.1 Å². The van der Waals surface area contributed by atoms with Crippen LogP contribution in [0.5, 0.6) is 5.75 Å². The average Bonchev–Trinajstić information content (AvgIpc) is 3.35. The molecule has 1 atom stereocenters. The number of benzene rings is 2. The number of carboxylic acid groups (broad SMARTS) is 1. The molecule has 2 N–H and O–H groups in total. The zero-order valence-electron chi connectivity index (χ0n) is 16.8. The Balaban J connectivity index is 1.66. The number of amides is 1. The summed E-state index contributed by atoms with van der Waals surface area (Å²) in [4.78, 5) is 13.3. The molecule has 1 heterocycles. The average molecular weight is 419 g/mol. The monoisotopic (exact) mass is 418 g/mol. The number of hydrogen-bond acceptors (Lipinski definition) is 4. The molecule has 0 fully saturated rings. The van der Waals surface area contributed by atoms with Gasteiger partial charge in [-0.2, -0.15) is 5.26 Å². The second-order valence-electron chi connectivity index (χ2n) is 7.57. The van der Waals surface area contributed by atoms with E-state index >= 15 is 0 Å². The van der Waals surface area contributed by atoms with Gasteiger partial charge in [-0.15, -0.1) is 11.3 Å². The number of hydrogen-bond donors (Lipinski definition) is 2. The van der Waals surface area contributed by atoms with Gasteiger partial charge in [0.05, 0.1) is 17.7 Å². The first kappa shape index (κ1) is 20.0. The van der Waals surface area contributed by atoms with Crippen molar-refractivity contribution >= 4 is 17.4 Å². The maximum atomic E-state index is 11.1. The first-order valence-corrected chi connectivity index (χ1v) is 10.7. The summed E-state index contributed by atoms with van der Waals surface area (Å²) in [6.45, 7) is 3.88. The van der Waals surface area contributed by atoms with Crippen molar-refractivity contribution in [3.8, 4) is 32.7 Å². The van der Waals surface area contributed by atoms with E-state index in [0.29, 0.717) is 11.3 Å². The topological polar surface area (TPSA) is 82.3 Å². The number of nitrogens with zero attached hydrogens (tertiary/aromatic N) is 1. The lowest BCUT2D eigenvalue weighted by Crippen LogP contribution is -2.24. The number of nitriles is 1. The van der Waals surface area contributed by atoms with E-state index in [2.05, 4.69) is 29.6 Å². The Labute approximate surface area is 179 Å². The number of thiophene rings is 1. The van der Waals surface area contributed by atoms with E-state index in [4.69, 9.17) is 9.84 Å². The smallest absolute Gasteiger partial charge is 0.405 e. The summed E-state index contributed by atoms with van der Waals surface area (Å²) in [5, 5.41) is 21.2. The molecule has 152 valence electrons. The summed E-state index contributed by atoms with van der Waals surface area (Å²) in [5.74, 6) is 0.603. The van der Waals surface area contributed by atoms with Crippen LogP contribution in [0.15, 0.2) is 48.5 Å². The maximum absolute atomic E-state index is 11.1. The fourth-order valence-corrected chi connectivity index (χ4v) is 5.00. The van der Waals surface area contributed by atoms with Crippen LogP contribution in [0.4, 0.5) is 4.79 Å². The molecule has 4 rings (SSSR count). The molecular weight excluding hydrogens is 396 g/mol. The molecule has 1 aliphatic carbocycles. The van der Waals surface area contributed by atoms with Crippen LogP contribution >= 0.6 is 11.3 Å². The van der Waals surface area contributed by atoms with Gasteiger partial charge in [-0.25, -0.2) is 4.79 Å². The summed E-state index contributed by atoms with van der Waals surface area (Å²) in [6, 6.07) is 18.0. The number of ether oxygens (including phenoxy) is 1. The molecule has 30 heavy (non-hydrogen) atoms. The normalized spacial score (nSPS) is 14.9. The molecule has 1 aliphatic rings. The zero-order valence-corrected chi connectivity index (χ0v) is 17.6. The van der Waals surface area contributed by atoms with E-state index in [1.807, 2.05) is 44.2 Å². The van der Waals surface area contributed by atoms with Gasteiger partial charge in [-0.1, -0.05) is 18.2 Å². The van der Waals surface area contributed by atoms with Gasteiger partial charge in [0.2, 0.25) is 0 Å². The molecule has 0 unspecified atom stereocenters. The lowest BCUT2D eigenvalue weighted by molar-refractivity contribution is 0.190. The minimum absolute atomic E-state index is 0.0101. The number of nitrogens with one attached hydrogen (secondary N) is 1. The first-order chi connectivity index (χ1) is 14.5. The fraction of sp³-hybridized carbons (Fsp3) is 0.250. The summed E-state index contributed by atoms with van der Waals surface area (Å²) >= 11 is 1.67. The molecular formula is C24H22N2O3S. The van der Waals surface area contributed by atoms with Gasteiger partial charge >= 0.3 is 6.09 Å². The molecule has 0 saturated heterocycles. The van der Waals surface area contributed by atoms with Crippen LogP contribution in [0.3, 0.4) is 0 Å². The minimum atomic E-state index is -0.991.